The van der Waals surface area contributed by atoms with Gasteiger partial charge < -0.3 is 10.6 Å². The van der Waals surface area contributed by atoms with Gasteiger partial charge in [-0.15, -0.1) is 0 Å². The second kappa shape index (κ2) is 7.27. The summed E-state index contributed by atoms with van der Waals surface area (Å²) >= 11 is 10.5. The quantitative estimate of drug-likeness (QED) is 0.466. The number of nitrogens with zero attached hydrogens (tertiary/aromatic N) is 1. The lowest BCUT2D eigenvalue weighted by atomic mass is 10.1. The number of nitrogens with one attached hydrogen (secondary N) is 2. The molecule has 1 aromatic carbocycles. The number of thiocarbonyl (C=S) groups is 1. The maximum atomic E-state index is 13.4. The third-order valence-corrected chi connectivity index (χ3v) is 3.54. The molecule has 2 N–H and O–H groups in total. The Hall–Kier alpha value is -2.00. The number of benzene rings is 1. The molecule has 0 bridgehead atoms. The minimum atomic E-state index is -4.95. The van der Waals surface area contributed by atoms with E-state index in [1.165, 1.54) is 18.3 Å². The smallest absolute Gasteiger partial charge is 0.358 e. The zero-order valence-corrected chi connectivity index (χ0v) is 13.3. The molecule has 1 heterocycles. The van der Waals surface area contributed by atoms with Gasteiger partial charge in [0, 0.05) is 18.3 Å². The first-order valence-corrected chi connectivity index (χ1v) is 7.18. The number of hydrogen-bond donors (Lipinski definition) is 2. The van der Waals surface area contributed by atoms with Crippen LogP contribution in [-0.2, 0) is 12.7 Å². The first kappa shape index (κ1) is 18.3. The highest BCUT2D eigenvalue weighted by atomic mass is 35.5. The Morgan fingerprint density at radius 2 is 1.92 bits per heavy atom. The summed E-state index contributed by atoms with van der Waals surface area (Å²) in [6, 6.07) is 4.62. The van der Waals surface area contributed by atoms with Crippen LogP contribution in [0.4, 0.5) is 27.6 Å². The fourth-order valence-corrected chi connectivity index (χ4v) is 2.29. The van der Waals surface area contributed by atoms with E-state index in [1.54, 1.807) is 0 Å². The van der Waals surface area contributed by atoms with Gasteiger partial charge in [0.25, 0.3) is 0 Å². The third-order valence-electron chi connectivity index (χ3n) is 2.90. The van der Waals surface area contributed by atoms with E-state index in [0.29, 0.717) is 6.07 Å². The fourth-order valence-electron chi connectivity index (χ4n) is 1.80. The Bertz CT molecular complexity index is 767. The Morgan fingerprint density at radius 1 is 1.21 bits per heavy atom. The first-order chi connectivity index (χ1) is 11.2. The van der Waals surface area contributed by atoms with E-state index < -0.39 is 28.5 Å². The minimum Gasteiger partial charge on any atom is -0.358 e. The van der Waals surface area contributed by atoms with Gasteiger partial charge in [0.2, 0.25) is 5.95 Å². The van der Waals surface area contributed by atoms with Crippen molar-refractivity contribution >= 4 is 34.6 Å². The predicted molar refractivity (Wildman–Crippen MR) is 83.7 cm³/mol. The summed E-state index contributed by atoms with van der Waals surface area (Å²) in [5.41, 5.74) is -1.60. The van der Waals surface area contributed by atoms with Crippen LogP contribution in [0.3, 0.4) is 0 Å². The summed E-state index contributed by atoms with van der Waals surface area (Å²) in [5.74, 6) is -2.19. The predicted octanol–water partition coefficient (Wildman–Crippen LogP) is 4.52. The van der Waals surface area contributed by atoms with Crippen molar-refractivity contribution in [3.63, 3.8) is 0 Å². The monoisotopic (exact) mass is 381 g/mol. The van der Waals surface area contributed by atoms with Gasteiger partial charge in [-0.25, -0.2) is 9.37 Å². The SMILES string of the molecule is Fc1ccc(NC(=S)NCc2cccnc2F)c(Cl)c1C(F)(F)F. The molecule has 128 valence electrons. The molecule has 0 fully saturated rings. The van der Waals surface area contributed by atoms with Crippen molar-refractivity contribution in [2.45, 2.75) is 12.7 Å². The van der Waals surface area contributed by atoms with E-state index in [4.69, 9.17) is 23.8 Å². The standard InChI is InChI=1S/C14H9ClF5N3S/c15-11-9(4-3-8(16)10(11)14(18,19)20)23-13(24)22-6-7-2-1-5-21-12(7)17/h1-5H,6H2,(H2,22,23,24). The molecule has 0 amide bonds. The minimum absolute atomic E-state index is 0.0452. The van der Waals surface area contributed by atoms with Crippen molar-refractivity contribution in [3.05, 3.63) is 58.4 Å². The summed E-state index contributed by atoms with van der Waals surface area (Å²) in [4.78, 5) is 3.45. The van der Waals surface area contributed by atoms with Crippen molar-refractivity contribution in [1.29, 1.82) is 0 Å². The molecule has 0 spiro atoms. The molecule has 0 aliphatic carbocycles. The Labute approximate surface area is 143 Å². The average Bonchev–Trinajstić information content (AvgIpc) is 2.48. The molecule has 1 aromatic heterocycles. The topological polar surface area (TPSA) is 37.0 Å². The van der Waals surface area contributed by atoms with Gasteiger partial charge in [0.05, 0.1) is 10.7 Å². The van der Waals surface area contributed by atoms with E-state index in [1.807, 2.05) is 0 Å². The van der Waals surface area contributed by atoms with Crippen molar-refractivity contribution in [2.75, 3.05) is 5.32 Å². The number of aromatic nitrogens is 1. The van der Waals surface area contributed by atoms with Crippen LogP contribution < -0.4 is 10.6 Å². The van der Waals surface area contributed by atoms with Crippen molar-refractivity contribution in [2.24, 2.45) is 0 Å². The Kier molecular flexibility index (Phi) is 5.55. The van der Waals surface area contributed by atoms with Gasteiger partial charge >= 0.3 is 6.18 Å². The van der Waals surface area contributed by atoms with Gasteiger partial charge in [0.1, 0.15) is 11.4 Å². The Morgan fingerprint density at radius 3 is 2.54 bits per heavy atom. The lowest BCUT2D eigenvalue weighted by molar-refractivity contribution is -0.139. The highest BCUT2D eigenvalue weighted by Crippen LogP contribution is 2.40. The fraction of sp³-hybridized carbons (Fsp3) is 0.143. The lowest BCUT2D eigenvalue weighted by Gasteiger charge is -2.16. The number of hydrogen-bond acceptors (Lipinski definition) is 2. The van der Waals surface area contributed by atoms with E-state index in [-0.39, 0.29) is 22.9 Å². The van der Waals surface area contributed by atoms with Crippen LogP contribution in [0, 0.1) is 11.8 Å². The molecule has 0 saturated heterocycles. The molecule has 0 radical (unpaired) electrons. The highest BCUT2D eigenvalue weighted by molar-refractivity contribution is 7.80. The second-order valence-electron chi connectivity index (χ2n) is 4.54. The van der Waals surface area contributed by atoms with Crippen LogP contribution in [0.25, 0.3) is 0 Å². The summed E-state index contributed by atoms with van der Waals surface area (Å²) in [5, 5.41) is 4.05. The zero-order valence-electron chi connectivity index (χ0n) is 11.7. The molecule has 24 heavy (non-hydrogen) atoms. The van der Waals surface area contributed by atoms with Gasteiger partial charge in [0.15, 0.2) is 5.11 Å². The molecule has 2 rings (SSSR count). The molecule has 0 aliphatic heterocycles. The number of alkyl halides is 3. The number of halogens is 6. The molecule has 10 heteroatoms. The summed E-state index contributed by atoms with van der Waals surface area (Å²) < 4.78 is 65.1. The molecule has 0 aliphatic rings. The van der Waals surface area contributed by atoms with E-state index in [0.717, 1.165) is 6.07 Å². The van der Waals surface area contributed by atoms with Gasteiger partial charge in [-0.05, 0) is 30.4 Å². The highest BCUT2D eigenvalue weighted by Gasteiger charge is 2.37. The molecule has 0 unspecified atom stereocenters. The maximum Gasteiger partial charge on any atom is 0.420 e. The van der Waals surface area contributed by atoms with Crippen molar-refractivity contribution in [3.8, 4) is 0 Å². The van der Waals surface area contributed by atoms with Crippen molar-refractivity contribution in [1.82, 2.24) is 10.3 Å². The summed E-state index contributed by atoms with van der Waals surface area (Å²) in [6.07, 6.45) is -3.68. The van der Waals surface area contributed by atoms with E-state index >= 15 is 0 Å². The van der Waals surface area contributed by atoms with Crippen LogP contribution in [0.2, 0.25) is 5.02 Å². The van der Waals surface area contributed by atoms with Crippen LogP contribution in [0.1, 0.15) is 11.1 Å². The molecule has 3 nitrogen and oxygen atoms in total. The maximum absolute atomic E-state index is 13.4. The molecular formula is C14H9ClF5N3S. The van der Waals surface area contributed by atoms with Crippen LogP contribution in [0.15, 0.2) is 30.5 Å². The first-order valence-electron chi connectivity index (χ1n) is 6.39. The van der Waals surface area contributed by atoms with E-state index in [9.17, 15) is 22.0 Å². The normalized spacial score (nSPS) is 11.2. The number of rotatable bonds is 3. The number of anilines is 1. The largest absolute Gasteiger partial charge is 0.420 e. The zero-order chi connectivity index (χ0) is 17.9. The summed E-state index contributed by atoms with van der Waals surface area (Å²) in [7, 11) is 0. The van der Waals surface area contributed by atoms with Crippen molar-refractivity contribution < 1.29 is 22.0 Å². The number of pyridine rings is 1. The molecular weight excluding hydrogens is 373 g/mol. The van der Waals surface area contributed by atoms with Gasteiger partial charge in [-0.2, -0.15) is 17.6 Å². The lowest BCUT2D eigenvalue weighted by Crippen LogP contribution is -2.28. The average molecular weight is 382 g/mol. The van der Waals surface area contributed by atoms with E-state index in [2.05, 4.69) is 15.6 Å². The van der Waals surface area contributed by atoms with Crippen LogP contribution in [0.5, 0.6) is 0 Å². The van der Waals surface area contributed by atoms with Crippen LogP contribution in [-0.4, -0.2) is 10.1 Å². The molecule has 2 aromatic rings. The molecule has 0 saturated carbocycles. The van der Waals surface area contributed by atoms with Crippen LogP contribution >= 0.6 is 23.8 Å². The summed E-state index contributed by atoms with van der Waals surface area (Å²) in [6.45, 7) is -0.0452. The molecule has 0 atom stereocenters. The van der Waals surface area contributed by atoms with Gasteiger partial charge in [-0.1, -0.05) is 17.7 Å². The Balaban J connectivity index is 2.11. The third kappa shape index (κ3) is 4.30. The second-order valence-corrected chi connectivity index (χ2v) is 5.33. The van der Waals surface area contributed by atoms with Gasteiger partial charge in [-0.3, -0.25) is 0 Å².